The number of pyridine rings is 1. The van der Waals surface area contributed by atoms with Gasteiger partial charge in [-0.3, -0.25) is 4.79 Å². The molecule has 0 radical (unpaired) electrons. The third-order valence-electron chi connectivity index (χ3n) is 5.03. The first-order valence-electron chi connectivity index (χ1n) is 9.13. The maximum Gasteiger partial charge on any atom is 0.235 e. The van der Waals surface area contributed by atoms with Crippen LogP contribution in [0.2, 0.25) is 5.02 Å². The Balaban J connectivity index is 1.36. The highest BCUT2D eigenvalue weighted by Gasteiger charge is 2.30. The van der Waals surface area contributed by atoms with Crippen LogP contribution in [0.4, 0.5) is 5.69 Å². The van der Waals surface area contributed by atoms with Crippen molar-refractivity contribution in [1.82, 2.24) is 9.88 Å². The molecule has 2 aliphatic rings. The number of nitrogens with zero attached hydrogens (tertiary/aromatic N) is 2. The van der Waals surface area contributed by atoms with Crippen LogP contribution in [0, 0.1) is 0 Å². The standard InChI is InChI=1S/C20H22ClN3O3/c1-24-8-6-15(7-9-24)27-19-5-3-14(11-22-19)23-20(25)17-12-26-18-4-2-13(21)10-16(17)18/h2-5,10-11,15,17H,6-9,12H2,1H3,(H,23,25). The molecule has 7 heteroatoms. The second-order valence-electron chi connectivity index (χ2n) is 7.04. The number of rotatable bonds is 4. The molecule has 0 bridgehead atoms. The molecule has 1 saturated heterocycles. The Morgan fingerprint density at radius 3 is 2.85 bits per heavy atom. The molecule has 6 nitrogen and oxygen atoms in total. The van der Waals surface area contributed by atoms with E-state index >= 15 is 0 Å². The Morgan fingerprint density at radius 1 is 1.30 bits per heavy atom. The summed E-state index contributed by atoms with van der Waals surface area (Å²) >= 11 is 6.05. The van der Waals surface area contributed by atoms with Gasteiger partial charge in [0.2, 0.25) is 11.8 Å². The molecular weight excluding hydrogens is 366 g/mol. The second-order valence-corrected chi connectivity index (χ2v) is 7.48. The van der Waals surface area contributed by atoms with Crippen LogP contribution in [0.25, 0.3) is 0 Å². The van der Waals surface area contributed by atoms with E-state index in [1.54, 1.807) is 30.5 Å². The number of halogens is 1. The Hall–Kier alpha value is -2.31. The molecule has 1 N–H and O–H groups in total. The van der Waals surface area contributed by atoms with Crippen molar-refractivity contribution in [3.05, 3.63) is 47.1 Å². The van der Waals surface area contributed by atoms with E-state index in [1.165, 1.54) is 0 Å². The molecule has 0 aliphatic carbocycles. The first-order valence-corrected chi connectivity index (χ1v) is 9.50. The molecule has 2 aromatic rings. The number of hydrogen-bond acceptors (Lipinski definition) is 5. The number of aromatic nitrogens is 1. The molecule has 1 unspecified atom stereocenters. The quantitative estimate of drug-likeness (QED) is 0.871. The molecule has 142 valence electrons. The van der Waals surface area contributed by atoms with Gasteiger partial charge in [0.15, 0.2) is 0 Å². The topological polar surface area (TPSA) is 63.7 Å². The summed E-state index contributed by atoms with van der Waals surface area (Å²) in [6.07, 6.45) is 3.82. The number of carbonyl (C=O) groups is 1. The molecule has 0 spiro atoms. The van der Waals surface area contributed by atoms with Gasteiger partial charge in [-0.05, 0) is 44.2 Å². The van der Waals surface area contributed by atoms with Crippen molar-refractivity contribution in [2.75, 3.05) is 32.1 Å². The lowest BCUT2D eigenvalue weighted by molar-refractivity contribution is -0.117. The number of amides is 1. The molecule has 0 saturated carbocycles. The van der Waals surface area contributed by atoms with Crippen LogP contribution in [-0.4, -0.2) is 48.6 Å². The minimum atomic E-state index is -0.381. The molecule has 1 aromatic carbocycles. The summed E-state index contributed by atoms with van der Waals surface area (Å²) in [5, 5.41) is 3.49. The lowest BCUT2D eigenvalue weighted by atomic mass is 10.0. The van der Waals surface area contributed by atoms with Gasteiger partial charge in [-0.1, -0.05) is 11.6 Å². The predicted octanol–water partition coefficient (Wildman–Crippen LogP) is 3.32. The summed E-state index contributed by atoms with van der Waals surface area (Å²) < 4.78 is 11.5. The number of piperidine rings is 1. The maximum absolute atomic E-state index is 12.6. The molecular formula is C20H22ClN3O3. The fraction of sp³-hybridized carbons (Fsp3) is 0.400. The largest absolute Gasteiger partial charge is 0.492 e. The van der Waals surface area contributed by atoms with E-state index in [2.05, 4.69) is 22.2 Å². The average Bonchev–Trinajstić information content (AvgIpc) is 3.08. The molecule has 1 amide bonds. The Kier molecular flexibility index (Phi) is 5.18. The van der Waals surface area contributed by atoms with Crippen molar-refractivity contribution in [3.8, 4) is 11.6 Å². The zero-order valence-corrected chi connectivity index (χ0v) is 15.9. The van der Waals surface area contributed by atoms with Crippen molar-refractivity contribution in [1.29, 1.82) is 0 Å². The fourth-order valence-electron chi connectivity index (χ4n) is 3.43. The third-order valence-corrected chi connectivity index (χ3v) is 5.26. The Bertz CT molecular complexity index is 820. The van der Waals surface area contributed by atoms with Gasteiger partial charge in [0.05, 0.1) is 11.9 Å². The average molecular weight is 388 g/mol. The monoisotopic (exact) mass is 387 g/mol. The van der Waals surface area contributed by atoms with Gasteiger partial charge >= 0.3 is 0 Å². The van der Waals surface area contributed by atoms with Crippen LogP contribution in [0.1, 0.15) is 24.3 Å². The number of likely N-dealkylation sites (tertiary alicyclic amines) is 1. The lowest BCUT2D eigenvalue weighted by Crippen LogP contribution is -2.35. The predicted molar refractivity (Wildman–Crippen MR) is 104 cm³/mol. The van der Waals surface area contributed by atoms with Crippen molar-refractivity contribution >= 4 is 23.2 Å². The highest BCUT2D eigenvalue weighted by Crippen LogP contribution is 2.36. The summed E-state index contributed by atoms with van der Waals surface area (Å²) in [5.41, 5.74) is 1.45. The molecule has 1 aromatic heterocycles. The molecule has 27 heavy (non-hydrogen) atoms. The maximum atomic E-state index is 12.6. The first kappa shape index (κ1) is 18.1. The van der Waals surface area contributed by atoms with Crippen LogP contribution >= 0.6 is 11.6 Å². The molecule has 3 heterocycles. The van der Waals surface area contributed by atoms with E-state index in [1.807, 2.05) is 6.07 Å². The van der Waals surface area contributed by atoms with Crippen LogP contribution in [0.3, 0.4) is 0 Å². The Morgan fingerprint density at radius 2 is 2.11 bits per heavy atom. The summed E-state index contributed by atoms with van der Waals surface area (Å²) in [7, 11) is 2.12. The molecule has 2 aliphatic heterocycles. The van der Waals surface area contributed by atoms with E-state index in [9.17, 15) is 4.79 Å². The molecule has 4 rings (SSSR count). The van der Waals surface area contributed by atoms with Crippen molar-refractivity contribution in [2.24, 2.45) is 0 Å². The zero-order chi connectivity index (χ0) is 18.8. The summed E-state index contributed by atoms with van der Waals surface area (Å²) in [6, 6.07) is 8.94. The second kappa shape index (κ2) is 7.74. The van der Waals surface area contributed by atoms with Crippen LogP contribution < -0.4 is 14.8 Å². The highest BCUT2D eigenvalue weighted by atomic mass is 35.5. The van der Waals surface area contributed by atoms with Gasteiger partial charge in [-0.2, -0.15) is 0 Å². The number of benzene rings is 1. The fourth-order valence-corrected chi connectivity index (χ4v) is 3.61. The van der Waals surface area contributed by atoms with Crippen LogP contribution in [0.5, 0.6) is 11.6 Å². The smallest absolute Gasteiger partial charge is 0.235 e. The molecule has 1 atom stereocenters. The highest BCUT2D eigenvalue weighted by molar-refractivity contribution is 6.30. The minimum absolute atomic E-state index is 0.137. The van der Waals surface area contributed by atoms with Crippen molar-refractivity contribution in [3.63, 3.8) is 0 Å². The van der Waals surface area contributed by atoms with E-state index in [0.29, 0.717) is 28.9 Å². The van der Waals surface area contributed by atoms with Crippen LogP contribution in [-0.2, 0) is 4.79 Å². The number of anilines is 1. The van der Waals surface area contributed by atoms with Gasteiger partial charge in [-0.25, -0.2) is 4.98 Å². The van der Waals surface area contributed by atoms with Gasteiger partial charge in [-0.15, -0.1) is 0 Å². The van der Waals surface area contributed by atoms with E-state index < -0.39 is 0 Å². The number of nitrogens with one attached hydrogen (secondary N) is 1. The summed E-state index contributed by atoms with van der Waals surface area (Å²) in [4.78, 5) is 19.2. The van der Waals surface area contributed by atoms with Crippen LogP contribution in [0.15, 0.2) is 36.5 Å². The zero-order valence-electron chi connectivity index (χ0n) is 15.2. The number of fused-ring (bicyclic) bond motifs is 1. The molecule has 1 fully saturated rings. The number of carbonyl (C=O) groups excluding carboxylic acids is 1. The number of ether oxygens (including phenoxy) is 2. The normalized spacial score (nSPS) is 20.0. The lowest BCUT2D eigenvalue weighted by Gasteiger charge is -2.28. The van der Waals surface area contributed by atoms with Gasteiger partial charge in [0.25, 0.3) is 0 Å². The summed E-state index contributed by atoms with van der Waals surface area (Å²) in [6.45, 7) is 2.38. The van der Waals surface area contributed by atoms with E-state index in [4.69, 9.17) is 21.1 Å². The number of hydrogen-bond donors (Lipinski definition) is 1. The van der Waals surface area contributed by atoms with Crippen molar-refractivity contribution < 1.29 is 14.3 Å². The Labute approximate surface area is 163 Å². The van der Waals surface area contributed by atoms with Crippen molar-refractivity contribution in [2.45, 2.75) is 24.9 Å². The van der Waals surface area contributed by atoms with E-state index in [0.717, 1.165) is 31.5 Å². The third kappa shape index (κ3) is 4.17. The minimum Gasteiger partial charge on any atom is -0.492 e. The van der Waals surface area contributed by atoms with Gasteiger partial charge in [0, 0.05) is 29.7 Å². The summed E-state index contributed by atoms with van der Waals surface area (Å²) in [5.74, 6) is 0.777. The SMILES string of the molecule is CN1CCC(Oc2ccc(NC(=O)C3COc4ccc(Cl)cc43)cn2)CC1. The first-order chi connectivity index (χ1) is 13.1. The van der Waals surface area contributed by atoms with E-state index in [-0.39, 0.29) is 17.9 Å². The van der Waals surface area contributed by atoms with Gasteiger partial charge < -0.3 is 19.7 Å². The van der Waals surface area contributed by atoms with Gasteiger partial charge in [0.1, 0.15) is 24.4 Å².